The Morgan fingerprint density at radius 3 is 2.71 bits per heavy atom. The van der Waals surface area contributed by atoms with Crippen LogP contribution in [0.25, 0.3) is 28.2 Å². The molecule has 170 valence electrons. The van der Waals surface area contributed by atoms with Crippen LogP contribution in [-0.2, 0) is 13.1 Å². The van der Waals surface area contributed by atoms with Gasteiger partial charge in [0.05, 0.1) is 30.9 Å². The Morgan fingerprint density at radius 1 is 1.00 bits per heavy atom. The smallest absolute Gasteiger partial charge is 0.140 e. The normalized spacial score (nSPS) is 13.3. The van der Waals surface area contributed by atoms with Crippen LogP contribution in [0.4, 0.5) is 5.82 Å². The van der Waals surface area contributed by atoms with Gasteiger partial charge in [0.1, 0.15) is 23.5 Å². The number of benzene rings is 1. The van der Waals surface area contributed by atoms with E-state index in [1.165, 1.54) is 24.0 Å². The summed E-state index contributed by atoms with van der Waals surface area (Å²) in [7, 11) is 1.65. The van der Waals surface area contributed by atoms with Gasteiger partial charge < -0.3 is 10.1 Å². The number of ether oxygens (including phenoxy) is 1. The van der Waals surface area contributed by atoms with Crippen molar-refractivity contribution in [2.75, 3.05) is 12.4 Å². The first-order valence-electron chi connectivity index (χ1n) is 11.4. The number of nitrogens with zero attached hydrogens (tertiary/aromatic N) is 6. The lowest BCUT2D eigenvalue weighted by molar-refractivity contribution is 0.414. The highest BCUT2D eigenvalue weighted by Gasteiger charge is 2.22. The molecule has 4 aromatic heterocycles. The minimum Gasteiger partial charge on any atom is -0.497 e. The van der Waals surface area contributed by atoms with Crippen molar-refractivity contribution < 1.29 is 4.74 Å². The largest absolute Gasteiger partial charge is 0.497 e. The molecule has 34 heavy (non-hydrogen) atoms. The van der Waals surface area contributed by atoms with Crippen LogP contribution in [0.1, 0.15) is 18.4 Å². The van der Waals surface area contributed by atoms with Gasteiger partial charge in [0.2, 0.25) is 0 Å². The van der Waals surface area contributed by atoms with Crippen LogP contribution in [0.15, 0.2) is 73.6 Å². The monoisotopic (exact) mass is 451 g/mol. The van der Waals surface area contributed by atoms with Gasteiger partial charge >= 0.3 is 0 Å². The number of anilines is 1. The van der Waals surface area contributed by atoms with Crippen molar-refractivity contribution in [1.29, 1.82) is 0 Å². The van der Waals surface area contributed by atoms with E-state index in [2.05, 4.69) is 60.5 Å². The number of rotatable bonds is 8. The van der Waals surface area contributed by atoms with Gasteiger partial charge in [-0.2, -0.15) is 5.10 Å². The van der Waals surface area contributed by atoms with E-state index in [-0.39, 0.29) is 0 Å². The molecule has 1 aliphatic rings. The molecule has 0 spiro atoms. The van der Waals surface area contributed by atoms with Gasteiger partial charge in [0.25, 0.3) is 0 Å². The number of nitrogens with one attached hydrogen (secondary N) is 1. The first-order chi connectivity index (χ1) is 16.7. The Bertz CT molecular complexity index is 1430. The van der Waals surface area contributed by atoms with Crippen LogP contribution < -0.4 is 10.1 Å². The predicted octanol–water partition coefficient (Wildman–Crippen LogP) is 4.69. The number of hydrogen-bond acceptors (Lipinski definition) is 6. The first-order valence-corrected chi connectivity index (χ1v) is 11.4. The third kappa shape index (κ3) is 4.22. The average molecular weight is 452 g/mol. The Labute approximate surface area is 197 Å². The molecule has 0 unspecified atom stereocenters. The highest BCUT2D eigenvalue weighted by molar-refractivity contribution is 5.64. The van der Waals surface area contributed by atoms with Crippen LogP contribution >= 0.6 is 0 Å². The van der Waals surface area contributed by atoms with E-state index in [9.17, 15) is 0 Å². The minimum absolute atomic E-state index is 0.669. The third-order valence-corrected chi connectivity index (χ3v) is 6.19. The molecule has 4 heterocycles. The quantitative estimate of drug-likeness (QED) is 0.369. The molecule has 8 nitrogen and oxygen atoms in total. The SMILES string of the molecule is COc1ccn2c(-c3cc(NCc4ccc(-c5cnn(CC6CC6)c5)cc4)ncn3)cnc2c1. The first kappa shape index (κ1) is 20.4. The van der Waals surface area contributed by atoms with Crippen LogP contribution in [0.3, 0.4) is 0 Å². The van der Waals surface area contributed by atoms with Crippen LogP contribution in [0.2, 0.25) is 0 Å². The molecule has 0 bridgehead atoms. The molecule has 1 N–H and O–H groups in total. The van der Waals surface area contributed by atoms with E-state index < -0.39 is 0 Å². The number of aromatic nitrogens is 6. The zero-order valence-corrected chi connectivity index (χ0v) is 18.9. The van der Waals surface area contributed by atoms with Crippen molar-refractivity contribution in [3.8, 4) is 28.3 Å². The number of fused-ring (bicyclic) bond motifs is 1. The lowest BCUT2D eigenvalue weighted by atomic mass is 10.1. The highest BCUT2D eigenvalue weighted by Crippen LogP contribution is 2.31. The van der Waals surface area contributed by atoms with Gasteiger partial charge in [-0.3, -0.25) is 9.08 Å². The second-order valence-corrected chi connectivity index (χ2v) is 8.67. The van der Waals surface area contributed by atoms with Gasteiger partial charge in [-0.05, 0) is 36.0 Å². The van der Waals surface area contributed by atoms with Gasteiger partial charge in [0, 0.05) is 43.2 Å². The Balaban J connectivity index is 1.14. The van der Waals surface area contributed by atoms with Crippen molar-refractivity contribution in [1.82, 2.24) is 29.1 Å². The Morgan fingerprint density at radius 2 is 1.88 bits per heavy atom. The molecule has 0 atom stereocenters. The summed E-state index contributed by atoms with van der Waals surface area (Å²) in [5.41, 5.74) is 6.02. The molecule has 1 aliphatic carbocycles. The van der Waals surface area contributed by atoms with Crippen molar-refractivity contribution in [2.45, 2.75) is 25.9 Å². The van der Waals surface area contributed by atoms with Gasteiger partial charge in [-0.1, -0.05) is 24.3 Å². The van der Waals surface area contributed by atoms with Crippen LogP contribution in [-0.4, -0.2) is 36.2 Å². The van der Waals surface area contributed by atoms with E-state index in [0.717, 1.165) is 46.6 Å². The molecule has 1 saturated carbocycles. The molecular weight excluding hydrogens is 426 g/mol. The van der Waals surface area contributed by atoms with E-state index in [0.29, 0.717) is 6.54 Å². The van der Waals surface area contributed by atoms with Crippen LogP contribution in [0.5, 0.6) is 5.75 Å². The molecule has 5 aromatic rings. The standard InChI is InChI=1S/C26H25N7O/c1-34-22-8-9-33-24(14-28-26(33)10-22)23-11-25(30-17-29-23)27-12-18-4-6-20(7-5-18)21-13-31-32(16-21)15-19-2-3-19/h4-11,13-14,16-17,19H,2-3,12,15H2,1H3,(H,27,29,30). The molecule has 6 rings (SSSR count). The van der Waals surface area contributed by atoms with Crippen LogP contribution in [0, 0.1) is 5.92 Å². The summed E-state index contributed by atoms with van der Waals surface area (Å²) >= 11 is 0. The van der Waals surface area contributed by atoms with E-state index in [1.54, 1.807) is 13.4 Å². The number of hydrogen-bond donors (Lipinski definition) is 1. The zero-order chi connectivity index (χ0) is 22.9. The van der Waals surface area contributed by atoms with E-state index >= 15 is 0 Å². The highest BCUT2D eigenvalue weighted by atomic mass is 16.5. The number of imidazole rings is 1. The summed E-state index contributed by atoms with van der Waals surface area (Å²) in [6.07, 6.45) is 12.1. The maximum Gasteiger partial charge on any atom is 0.140 e. The van der Waals surface area contributed by atoms with Gasteiger partial charge in [-0.25, -0.2) is 15.0 Å². The molecule has 0 amide bonds. The summed E-state index contributed by atoms with van der Waals surface area (Å²) in [6.45, 7) is 1.70. The summed E-state index contributed by atoms with van der Waals surface area (Å²) in [5.74, 6) is 2.35. The predicted molar refractivity (Wildman–Crippen MR) is 130 cm³/mol. The topological polar surface area (TPSA) is 82.2 Å². The molecule has 0 aliphatic heterocycles. The van der Waals surface area contributed by atoms with Crippen molar-refractivity contribution in [2.24, 2.45) is 5.92 Å². The lowest BCUT2D eigenvalue weighted by Gasteiger charge is -2.08. The fourth-order valence-corrected chi connectivity index (χ4v) is 4.06. The van der Waals surface area contributed by atoms with E-state index in [4.69, 9.17) is 4.74 Å². The summed E-state index contributed by atoms with van der Waals surface area (Å²) < 4.78 is 9.34. The maximum atomic E-state index is 5.29. The minimum atomic E-state index is 0.669. The fraction of sp³-hybridized carbons (Fsp3) is 0.231. The second-order valence-electron chi connectivity index (χ2n) is 8.67. The summed E-state index contributed by atoms with van der Waals surface area (Å²) in [6, 6.07) is 14.3. The third-order valence-electron chi connectivity index (χ3n) is 6.19. The number of pyridine rings is 1. The fourth-order valence-electron chi connectivity index (χ4n) is 4.06. The molecule has 0 saturated heterocycles. The second kappa shape index (κ2) is 8.62. The van der Waals surface area contributed by atoms with Crippen molar-refractivity contribution in [3.05, 3.63) is 79.1 Å². The molecular formula is C26H25N7O. The molecule has 1 fully saturated rings. The van der Waals surface area contributed by atoms with Gasteiger partial charge in [0.15, 0.2) is 0 Å². The summed E-state index contributed by atoms with van der Waals surface area (Å²) in [5, 5.41) is 7.91. The molecule has 0 radical (unpaired) electrons. The van der Waals surface area contributed by atoms with Crippen molar-refractivity contribution in [3.63, 3.8) is 0 Å². The maximum absolute atomic E-state index is 5.29. The average Bonchev–Trinajstić information content (AvgIpc) is 3.40. The number of methoxy groups -OCH3 is 1. The van der Waals surface area contributed by atoms with Crippen molar-refractivity contribution >= 4 is 11.5 Å². The molecule has 8 heteroatoms. The summed E-state index contributed by atoms with van der Waals surface area (Å²) in [4.78, 5) is 13.3. The lowest BCUT2D eigenvalue weighted by Crippen LogP contribution is -2.02. The van der Waals surface area contributed by atoms with Gasteiger partial charge in [-0.15, -0.1) is 0 Å². The Hall–Kier alpha value is -4.20. The van der Waals surface area contributed by atoms with E-state index in [1.807, 2.05) is 41.2 Å². The molecule has 1 aromatic carbocycles. The Kier molecular flexibility index (Phi) is 5.18. The zero-order valence-electron chi connectivity index (χ0n) is 18.9.